The monoisotopic (exact) mass is 359 g/mol. The molecule has 26 heavy (non-hydrogen) atoms. The molecule has 0 aliphatic rings. The molecule has 0 atom stereocenters. The minimum atomic E-state index is -0.287. The van der Waals surface area contributed by atoms with E-state index < -0.39 is 0 Å². The highest BCUT2D eigenvalue weighted by atomic mass is 16.5. The van der Waals surface area contributed by atoms with Crippen molar-refractivity contribution in [3.8, 4) is 0 Å². The van der Waals surface area contributed by atoms with Crippen molar-refractivity contribution in [2.24, 2.45) is 5.92 Å². The van der Waals surface area contributed by atoms with E-state index in [0.717, 1.165) is 29.7 Å². The molecular formula is C20H29N3O3. The van der Waals surface area contributed by atoms with Gasteiger partial charge in [-0.3, -0.25) is 9.59 Å². The summed E-state index contributed by atoms with van der Waals surface area (Å²) in [5.74, 6) is 0.619. The normalized spacial score (nSPS) is 11.3. The zero-order chi connectivity index (χ0) is 19.1. The van der Waals surface area contributed by atoms with Crippen LogP contribution >= 0.6 is 0 Å². The summed E-state index contributed by atoms with van der Waals surface area (Å²) in [6.07, 6.45) is 2.08. The summed E-state index contributed by atoms with van der Waals surface area (Å²) in [4.78, 5) is 28.9. The van der Waals surface area contributed by atoms with Gasteiger partial charge in [0.25, 0.3) is 0 Å². The quantitative estimate of drug-likeness (QED) is 0.698. The molecule has 0 saturated heterocycles. The molecule has 1 heterocycles. The minimum Gasteiger partial charge on any atom is -0.462 e. The van der Waals surface area contributed by atoms with Gasteiger partial charge in [0.15, 0.2) is 0 Å². The third kappa shape index (κ3) is 5.07. The largest absolute Gasteiger partial charge is 0.462 e. The number of fused-ring (bicyclic) bond motifs is 1. The summed E-state index contributed by atoms with van der Waals surface area (Å²) in [5.41, 5.74) is 1.74. The van der Waals surface area contributed by atoms with Crippen LogP contribution in [0.15, 0.2) is 24.3 Å². The predicted molar refractivity (Wildman–Crippen MR) is 102 cm³/mol. The smallest absolute Gasteiger partial charge is 0.326 e. The number of ether oxygens (including phenoxy) is 1. The Morgan fingerprint density at radius 3 is 2.54 bits per heavy atom. The second kappa shape index (κ2) is 9.36. The molecule has 0 unspecified atom stereocenters. The zero-order valence-electron chi connectivity index (χ0n) is 16.1. The van der Waals surface area contributed by atoms with E-state index in [1.165, 1.54) is 0 Å². The lowest BCUT2D eigenvalue weighted by molar-refractivity contribution is -0.148. The van der Waals surface area contributed by atoms with Crippen LogP contribution in [0.5, 0.6) is 0 Å². The number of benzene rings is 1. The van der Waals surface area contributed by atoms with E-state index in [1.807, 2.05) is 56.5 Å². The first kappa shape index (κ1) is 19.9. The predicted octanol–water partition coefficient (Wildman–Crippen LogP) is 3.08. The molecular weight excluding hydrogens is 330 g/mol. The molecule has 2 aromatic rings. The van der Waals surface area contributed by atoms with Crippen molar-refractivity contribution in [1.29, 1.82) is 0 Å². The molecule has 0 aliphatic carbocycles. The lowest BCUT2D eigenvalue weighted by Crippen LogP contribution is -2.32. The average molecular weight is 359 g/mol. The number of imidazole rings is 1. The minimum absolute atomic E-state index is 0.0508. The fourth-order valence-electron chi connectivity index (χ4n) is 3.02. The number of nitrogens with one attached hydrogen (secondary N) is 1. The third-order valence-electron chi connectivity index (χ3n) is 4.39. The molecule has 1 aromatic carbocycles. The van der Waals surface area contributed by atoms with E-state index in [9.17, 15) is 9.59 Å². The maximum Gasteiger partial charge on any atom is 0.326 e. The summed E-state index contributed by atoms with van der Waals surface area (Å²) >= 11 is 0. The maximum atomic E-state index is 12.1. The molecule has 0 saturated carbocycles. The molecule has 0 spiro atoms. The van der Waals surface area contributed by atoms with Gasteiger partial charge in [-0.05, 0) is 38.8 Å². The number of nitrogens with zero attached hydrogens (tertiary/aromatic N) is 2. The van der Waals surface area contributed by atoms with Crippen LogP contribution < -0.4 is 5.32 Å². The number of hydrogen-bond acceptors (Lipinski definition) is 4. The number of aromatic nitrogens is 2. The van der Waals surface area contributed by atoms with E-state index in [0.29, 0.717) is 13.0 Å². The first-order valence-electron chi connectivity index (χ1n) is 9.37. The molecule has 0 radical (unpaired) electrons. The molecule has 2 rings (SSSR count). The van der Waals surface area contributed by atoms with Gasteiger partial charge in [0.05, 0.1) is 17.1 Å². The van der Waals surface area contributed by atoms with E-state index in [-0.39, 0.29) is 30.4 Å². The Morgan fingerprint density at radius 2 is 1.88 bits per heavy atom. The SMILES string of the molecule is CCC(CC)C(=O)NCCc1nc2ccccc2n1CC(=O)OC(C)C. The van der Waals surface area contributed by atoms with Crippen molar-refractivity contribution >= 4 is 22.9 Å². The van der Waals surface area contributed by atoms with Crippen molar-refractivity contribution < 1.29 is 14.3 Å². The number of esters is 1. The van der Waals surface area contributed by atoms with Gasteiger partial charge in [-0.15, -0.1) is 0 Å². The number of hydrogen-bond donors (Lipinski definition) is 1. The highest BCUT2D eigenvalue weighted by Gasteiger charge is 2.17. The van der Waals surface area contributed by atoms with Crippen molar-refractivity contribution in [2.75, 3.05) is 6.54 Å². The van der Waals surface area contributed by atoms with Gasteiger partial charge in [0, 0.05) is 18.9 Å². The molecule has 1 amide bonds. The van der Waals surface area contributed by atoms with Crippen LogP contribution in [0.3, 0.4) is 0 Å². The van der Waals surface area contributed by atoms with Gasteiger partial charge in [0.1, 0.15) is 12.4 Å². The van der Waals surface area contributed by atoms with Gasteiger partial charge in [-0.2, -0.15) is 0 Å². The van der Waals surface area contributed by atoms with Crippen molar-refractivity contribution in [1.82, 2.24) is 14.9 Å². The molecule has 1 N–H and O–H groups in total. The highest BCUT2D eigenvalue weighted by molar-refractivity contribution is 5.79. The van der Waals surface area contributed by atoms with Gasteiger partial charge in [-0.25, -0.2) is 4.98 Å². The van der Waals surface area contributed by atoms with Gasteiger partial charge in [0.2, 0.25) is 5.91 Å². The number of carbonyl (C=O) groups is 2. The maximum absolute atomic E-state index is 12.1. The number of carbonyl (C=O) groups excluding carboxylic acids is 2. The highest BCUT2D eigenvalue weighted by Crippen LogP contribution is 2.17. The summed E-state index contributed by atoms with van der Waals surface area (Å²) in [6, 6.07) is 7.71. The van der Waals surface area contributed by atoms with Crippen LogP contribution in [-0.4, -0.2) is 34.1 Å². The molecule has 0 bridgehead atoms. The van der Waals surface area contributed by atoms with Crippen LogP contribution in [0.2, 0.25) is 0 Å². The van der Waals surface area contributed by atoms with Crippen LogP contribution in [-0.2, 0) is 27.3 Å². The summed E-state index contributed by atoms with van der Waals surface area (Å²) in [5, 5.41) is 2.98. The molecule has 0 aliphatic heterocycles. The molecule has 1 aromatic heterocycles. The van der Waals surface area contributed by atoms with Gasteiger partial charge in [-0.1, -0.05) is 26.0 Å². The number of rotatable bonds is 9. The molecule has 142 valence electrons. The van der Waals surface area contributed by atoms with Crippen LogP contribution in [0, 0.1) is 5.92 Å². The Kier molecular flexibility index (Phi) is 7.18. The molecule has 6 heteroatoms. The van der Waals surface area contributed by atoms with Crippen LogP contribution in [0.4, 0.5) is 0 Å². The van der Waals surface area contributed by atoms with Crippen LogP contribution in [0.1, 0.15) is 46.4 Å². The lowest BCUT2D eigenvalue weighted by atomic mass is 10.0. The Morgan fingerprint density at radius 1 is 1.19 bits per heavy atom. The van der Waals surface area contributed by atoms with Crippen molar-refractivity contribution in [3.05, 3.63) is 30.1 Å². The third-order valence-corrected chi connectivity index (χ3v) is 4.39. The Hall–Kier alpha value is -2.37. The Bertz CT molecular complexity index is 748. The van der Waals surface area contributed by atoms with Gasteiger partial charge < -0.3 is 14.6 Å². The summed E-state index contributed by atoms with van der Waals surface area (Å²) in [7, 11) is 0. The Labute approximate surface area is 154 Å². The van der Waals surface area contributed by atoms with Gasteiger partial charge >= 0.3 is 5.97 Å². The lowest BCUT2D eigenvalue weighted by Gasteiger charge is -2.14. The zero-order valence-corrected chi connectivity index (χ0v) is 16.1. The first-order chi connectivity index (χ1) is 12.5. The van der Waals surface area contributed by atoms with Crippen molar-refractivity contribution in [3.63, 3.8) is 0 Å². The number of para-hydroxylation sites is 2. The second-order valence-electron chi connectivity index (χ2n) is 6.70. The topological polar surface area (TPSA) is 73.2 Å². The summed E-state index contributed by atoms with van der Waals surface area (Å²) < 4.78 is 7.15. The molecule has 6 nitrogen and oxygen atoms in total. The fraction of sp³-hybridized carbons (Fsp3) is 0.550. The Balaban J connectivity index is 2.12. The van der Waals surface area contributed by atoms with Crippen molar-refractivity contribution in [2.45, 2.75) is 59.6 Å². The van der Waals surface area contributed by atoms with E-state index in [1.54, 1.807) is 0 Å². The van der Waals surface area contributed by atoms with E-state index in [2.05, 4.69) is 10.3 Å². The fourth-order valence-corrected chi connectivity index (χ4v) is 3.02. The standard InChI is InChI=1S/C20H29N3O3/c1-5-15(6-2)20(25)21-12-11-18-22-16-9-7-8-10-17(16)23(18)13-19(24)26-14(3)4/h7-10,14-15H,5-6,11-13H2,1-4H3,(H,21,25). The van der Waals surface area contributed by atoms with Crippen LogP contribution in [0.25, 0.3) is 11.0 Å². The van der Waals surface area contributed by atoms with E-state index in [4.69, 9.17) is 4.74 Å². The molecule has 0 fully saturated rings. The van der Waals surface area contributed by atoms with E-state index >= 15 is 0 Å². The first-order valence-corrected chi connectivity index (χ1v) is 9.37. The number of amides is 1. The average Bonchev–Trinajstić information content (AvgIpc) is 2.93. The summed E-state index contributed by atoms with van der Waals surface area (Å²) in [6.45, 7) is 8.32. The second-order valence-corrected chi connectivity index (χ2v) is 6.70.